The average Bonchev–Trinajstić information content (AvgIpc) is 2.87. The molecule has 0 aliphatic heterocycles. The fourth-order valence-electron chi connectivity index (χ4n) is 4.27. The van der Waals surface area contributed by atoms with E-state index in [-0.39, 0.29) is 12.3 Å². The number of ether oxygens (including phenoxy) is 1. The molecule has 212 valence electrons. The maximum Gasteiger partial charge on any atom is 0.408 e. The number of alkyl carbamates (subject to hydrolysis) is 1. The lowest BCUT2D eigenvalue weighted by molar-refractivity contribution is -0.141. The molecule has 0 saturated heterocycles. The fourth-order valence-corrected chi connectivity index (χ4v) is 4.27. The van der Waals surface area contributed by atoms with E-state index in [1.807, 2.05) is 43.3 Å². The van der Waals surface area contributed by atoms with Crippen molar-refractivity contribution in [1.29, 1.82) is 0 Å². The van der Waals surface area contributed by atoms with E-state index in [0.29, 0.717) is 17.7 Å². The number of rotatable bonds is 10. The molecule has 0 aliphatic rings. The van der Waals surface area contributed by atoms with Gasteiger partial charge in [-0.05, 0) is 67.8 Å². The summed E-state index contributed by atoms with van der Waals surface area (Å²) < 4.78 is 5.28. The Balaban J connectivity index is 1.99. The van der Waals surface area contributed by atoms with Crippen LogP contribution in [0.3, 0.4) is 0 Å². The zero-order chi connectivity index (χ0) is 29.4. The maximum absolute atomic E-state index is 13.9. The minimum absolute atomic E-state index is 0.0102. The van der Waals surface area contributed by atoms with Crippen LogP contribution in [0.4, 0.5) is 10.5 Å². The zero-order valence-electron chi connectivity index (χ0n) is 23.1. The molecule has 0 aliphatic carbocycles. The number of anilines is 1. The Labute approximate surface area is 233 Å². The molecule has 3 aromatic rings. The molecule has 0 spiro atoms. The van der Waals surface area contributed by atoms with Crippen molar-refractivity contribution in [2.75, 3.05) is 11.9 Å². The molecule has 4 amide bonds. The van der Waals surface area contributed by atoms with Crippen LogP contribution in [0.5, 0.6) is 5.75 Å². The van der Waals surface area contributed by atoms with E-state index in [0.717, 1.165) is 10.8 Å². The first-order chi connectivity index (χ1) is 18.9. The Hall–Kier alpha value is -4.60. The summed E-state index contributed by atoms with van der Waals surface area (Å²) in [5.74, 6) is -2.02. The number of nitrogens with two attached hydrogens (primary N) is 1. The van der Waals surface area contributed by atoms with Crippen molar-refractivity contribution in [3.05, 3.63) is 72.3 Å². The minimum atomic E-state index is -1.37. The van der Waals surface area contributed by atoms with Gasteiger partial charge in [-0.15, -0.1) is 0 Å². The molecule has 40 heavy (non-hydrogen) atoms. The van der Waals surface area contributed by atoms with E-state index >= 15 is 0 Å². The van der Waals surface area contributed by atoms with Gasteiger partial charge >= 0.3 is 6.09 Å². The van der Waals surface area contributed by atoms with Crippen molar-refractivity contribution in [3.8, 4) is 5.75 Å². The van der Waals surface area contributed by atoms with Crippen molar-refractivity contribution in [3.63, 3.8) is 0 Å². The number of nitrogens with one attached hydrogen (secondary N) is 2. The SMILES string of the molecule is CCCN(C(=O)C(CC(N)=O)NC(=O)OC(C)(C)C)C(C(=O)Nc1ccc2ccccc2c1)c1ccc(O)cc1. The van der Waals surface area contributed by atoms with Gasteiger partial charge in [-0.3, -0.25) is 14.4 Å². The number of benzene rings is 3. The topological polar surface area (TPSA) is 151 Å². The standard InChI is InChI=1S/C30H36N4O6/c1-5-16-34(28(38)24(18-25(31)36)33-29(39)40-30(2,3)4)26(20-11-14-23(35)15-12-20)27(37)32-22-13-10-19-8-6-7-9-21(19)17-22/h6-15,17,24,26,35H,5,16,18H2,1-4H3,(H2,31,36)(H,32,37)(H,33,39). The molecule has 3 aromatic carbocycles. The number of carbonyl (C=O) groups excluding carboxylic acids is 4. The minimum Gasteiger partial charge on any atom is -0.508 e. The van der Waals surface area contributed by atoms with Crippen molar-refractivity contribution in [2.24, 2.45) is 5.73 Å². The molecule has 0 aromatic heterocycles. The number of fused-ring (bicyclic) bond motifs is 1. The number of phenols is 1. The summed E-state index contributed by atoms with van der Waals surface area (Å²) in [5.41, 5.74) is 5.51. The van der Waals surface area contributed by atoms with Crippen LogP contribution in [-0.4, -0.2) is 52.0 Å². The quantitative estimate of drug-likeness (QED) is 0.298. The molecule has 3 rings (SSSR count). The van der Waals surface area contributed by atoms with Gasteiger partial charge in [-0.25, -0.2) is 4.79 Å². The first kappa shape index (κ1) is 29.9. The second kappa shape index (κ2) is 13.0. The van der Waals surface area contributed by atoms with Gasteiger partial charge in [-0.1, -0.05) is 49.4 Å². The Morgan fingerprint density at radius 1 is 0.975 bits per heavy atom. The van der Waals surface area contributed by atoms with Crippen molar-refractivity contribution in [1.82, 2.24) is 10.2 Å². The van der Waals surface area contributed by atoms with Crippen LogP contribution >= 0.6 is 0 Å². The van der Waals surface area contributed by atoms with Crippen LogP contribution in [0.25, 0.3) is 10.8 Å². The van der Waals surface area contributed by atoms with Crippen LogP contribution < -0.4 is 16.4 Å². The van der Waals surface area contributed by atoms with Gasteiger partial charge in [0.25, 0.3) is 5.91 Å². The highest BCUT2D eigenvalue weighted by Crippen LogP contribution is 2.27. The van der Waals surface area contributed by atoms with E-state index < -0.39 is 47.9 Å². The molecule has 0 heterocycles. The summed E-state index contributed by atoms with van der Waals surface area (Å²) in [6.45, 7) is 6.96. The molecule has 0 saturated carbocycles. The van der Waals surface area contributed by atoms with E-state index in [1.165, 1.54) is 17.0 Å². The molecule has 0 fully saturated rings. The number of amides is 4. The van der Waals surface area contributed by atoms with Crippen LogP contribution in [0.2, 0.25) is 0 Å². The summed E-state index contributed by atoms with van der Waals surface area (Å²) in [6.07, 6.45) is -0.919. The molecule has 0 bridgehead atoms. The van der Waals surface area contributed by atoms with Crippen LogP contribution in [0.1, 0.15) is 52.1 Å². The lowest BCUT2D eigenvalue weighted by Gasteiger charge is -2.34. The van der Waals surface area contributed by atoms with Crippen LogP contribution in [-0.2, 0) is 19.1 Å². The second-order valence-corrected chi connectivity index (χ2v) is 10.4. The van der Waals surface area contributed by atoms with Gasteiger partial charge in [0.2, 0.25) is 11.8 Å². The van der Waals surface area contributed by atoms with Crippen LogP contribution in [0.15, 0.2) is 66.7 Å². The fraction of sp³-hybridized carbons (Fsp3) is 0.333. The third kappa shape index (κ3) is 8.20. The van der Waals surface area contributed by atoms with Crippen molar-refractivity contribution < 1.29 is 29.0 Å². The van der Waals surface area contributed by atoms with Gasteiger partial charge < -0.3 is 31.1 Å². The second-order valence-electron chi connectivity index (χ2n) is 10.4. The Bertz CT molecular complexity index is 1370. The van der Waals surface area contributed by atoms with E-state index in [2.05, 4.69) is 10.6 Å². The highest BCUT2D eigenvalue weighted by atomic mass is 16.6. The number of carbonyl (C=O) groups is 4. The molecular formula is C30H36N4O6. The summed E-state index contributed by atoms with van der Waals surface area (Å²) in [7, 11) is 0. The number of hydrogen-bond acceptors (Lipinski definition) is 6. The molecule has 10 heteroatoms. The molecular weight excluding hydrogens is 512 g/mol. The highest BCUT2D eigenvalue weighted by molar-refractivity contribution is 6.01. The predicted octanol–water partition coefficient (Wildman–Crippen LogP) is 4.23. The maximum atomic E-state index is 13.9. The van der Waals surface area contributed by atoms with Gasteiger partial charge in [0.1, 0.15) is 23.4 Å². The molecule has 0 radical (unpaired) electrons. The van der Waals surface area contributed by atoms with Gasteiger partial charge in [-0.2, -0.15) is 0 Å². The first-order valence-electron chi connectivity index (χ1n) is 13.0. The third-order valence-electron chi connectivity index (χ3n) is 5.93. The summed E-state index contributed by atoms with van der Waals surface area (Å²) >= 11 is 0. The summed E-state index contributed by atoms with van der Waals surface area (Å²) in [6, 6.07) is 16.6. The molecule has 2 atom stereocenters. The molecule has 10 nitrogen and oxygen atoms in total. The van der Waals surface area contributed by atoms with E-state index in [4.69, 9.17) is 10.5 Å². The van der Waals surface area contributed by atoms with Crippen LogP contribution in [0, 0.1) is 0 Å². The lowest BCUT2D eigenvalue weighted by Crippen LogP contribution is -2.53. The number of nitrogens with zero attached hydrogens (tertiary/aromatic N) is 1. The smallest absolute Gasteiger partial charge is 0.408 e. The summed E-state index contributed by atoms with van der Waals surface area (Å²) in [4.78, 5) is 53.4. The normalized spacial score (nSPS) is 12.7. The summed E-state index contributed by atoms with van der Waals surface area (Å²) in [5, 5.41) is 17.1. The van der Waals surface area contributed by atoms with E-state index in [9.17, 15) is 24.3 Å². The largest absolute Gasteiger partial charge is 0.508 e. The van der Waals surface area contributed by atoms with Crippen molar-refractivity contribution in [2.45, 2.75) is 58.2 Å². The van der Waals surface area contributed by atoms with Gasteiger partial charge in [0, 0.05) is 12.2 Å². The van der Waals surface area contributed by atoms with E-state index in [1.54, 1.807) is 39.0 Å². The molecule has 2 unspecified atom stereocenters. The number of primary amides is 1. The Kier molecular flexibility index (Phi) is 9.71. The highest BCUT2D eigenvalue weighted by Gasteiger charge is 2.36. The molecule has 5 N–H and O–H groups in total. The van der Waals surface area contributed by atoms with Gasteiger partial charge in [0.05, 0.1) is 6.42 Å². The average molecular weight is 549 g/mol. The lowest BCUT2D eigenvalue weighted by atomic mass is 10.0. The Morgan fingerprint density at radius 3 is 2.23 bits per heavy atom. The Morgan fingerprint density at radius 2 is 1.62 bits per heavy atom. The first-order valence-corrected chi connectivity index (χ1v) is 13.0. The van der Waals surface area contributed by atoms with Gasteiger partial charge in [0.15, 0.2) is 0 Å². The monoisotopic (exact) mass is 548 g/mol. The number of hydrogen-bond donors (Lipinski definition) is 4. The third-order valence-corrected chi connectivity index (χ3v) is 5.93. The predicted molar refractivity (Wildman–Crippen MR) is 152 cm³/mol. The zero-order valence-corrected chi connectivity index (χ0v) is 23.1. The van der Waals surface area contributed by atoms with Crippen molar-refractivity contribution >= 4 is 40.3 Å². The number of phenolic OH excluding ortho intramolecular Hbond substituents is 1. The number of aromatic hydroxyl groups is 1.